The molecule has 0 radical (unpaired) electrons. The van der Waals surface area contributed by atoms with Gasteiger partial charge in [0, 0.05) is 6.08 Å². The topological polar surface area (TPSA) is 34.9 Å². The number of hydrogen-bond donors (Lipinski definition) is 0. The van der Waals surface area contributed by atoms with Crippen LogP contribution in [0.2, 0.25) is 0 Å². The van der Waals surface area contributed by atoms with E-state index in [2.05, 4.69) is 4.98 Å². The minimum atomic E-state index is -0.297. The first-order chi connectivity index (χ1) is 9.74. The third kappa shape index (κ3) is 2.36. The first-order valence-corrected chi connectivity index (χ1v) is 6.14. The molecule has 0 spiro atoms. The summed E-state index contributed by atoms with van der Waals surface area (Å²) in [6, 6.07) is 13.4. The number of fused-ring (bicyclic) bond motifs is 1. The number of halogens is 1. The zero-order valence-electron chi connectivity index (χ0n) is 10.5. The molecule has 0 unspecified atom stereocenters. The first-order valence-electron chi connectivity index (χ1n) is 6.14. The molecule has 0 N–H and O–H groups in total. The van der Waals surface area contributed by atoms with Gasteiger partial charge in [0.25, 0.3) is 5.91 Å². The summed E-state index contributed by atoms with van der Waals surface area (Å²) in [5.74, 6) is -0.489. The lowest BCUT2D eigenvalue weighted by molar-refractivity contribution is 0.0974. The van der Waals surface area contributed by atoms with E-state index in [-0.39, 0.29) is 11.7 Å². The minimum absolute atomic E-state index is 0.192. The molecule has 0 aliphatic rings. The summed E-state index contributed by atoms with van der Waals surface area (Å²) in [6.45, 7) is 0. The molecule has 0 aliphatic heterocycles. The predicted octanol–water partition coefficient (Wildman–Crippen LogP) is 3.53. The maximum absolute atomic E-state index is 12.8. The highest BCUT2D eigenvalue weighted by atomic mass is 19.1. The number of benzene rings is 2. The molecule has 20 heavy (non-hydrogen) atoms. The highest BCUT2D eigenvalue weighted by molar-refractivity contribution is 5.99. The average Bonchev–Trinajstić information content (AvgIpc) is 2.90. The fraction of sp³-hybridized carbons (Fsp3) is 0. The Morgan fingerprint density at radius 3 is 2.65 bits per heavy atom. The van der Waals surface area contributed by atoms with Crippen molar-refractivity contribution in [2.45, 2.75) is 0 Å². The lowest BCUT2D eigenvalue weighted by Gasteiger charge is -1.98. The van der Waals surface area contributed by atoms with Gasteiger partial charge in [0.2, 0.25) is 0 Å². The van der Waals surface area contributed by atoms with E-state index in [1.165, 1.54) is 29.1 Å². The number of carbonyl (C=O) groups excluding carboxylic acids is 1. The normalized spacial score (nSPS) is 11.2. The number of aromatic nitrogens is 2. The molecule has 0 bridgehead atoms. The number of hydrogen-bond acceptors (Lipinski definition) is 2. The second-order valence-corrected chi connectivity index (χ2v) is 4.33. The van der Waals surface area contributed by atoms with E-state index < -0.39 is 0 Å². The Labute approximate surface area is 115 Å². The van der Waals surface area contributed by atoms with Crippen molar-refractivity contribution in [3.63, 3.8) is 0 Å². The van der Waals surface area contributed by atoms with Crippen LogP contribution < -0.4 is 0 Å². The lowest BCUT2D eigenvalue weighted by atomic mass is 10.2. The van der Waals surface area contributed by atoms with Crippen molar-refractivity contribution >= 4 is 23.0 Å². The van der Waals surface area contributed by atoms with Gasteiger partial charge >= 0.3 is 0 Å². The number of allylic oxidation sites excluding steroid dienone is 1. The van der Waals surface area contributed by atoms with Gasteiger partial charge in [-0.3, -0.25) is 9.36 Å². The number of nitrogens with zero attached hydrogens (tertiary/aromatic N) is 2. The van der Waals surface area contributed by atoms with Crippen molar-refractivity contribution in [2.75, 3.05) is 0 Å². The van der Waals surface area contributed by atoms with Crippen LogP contribution in [-0.4, -0.2) is 15.5 Å². The van der Waals surface area contributed by atoms with Crippen LogP contribution in [0.15, 0.2) is 60.9 Å². The van der Waals surface area contributed by atoms with Crippen LogP contribution in [-0.2, 0) is 0 Å². The molecule has 0 aliphatic carbocycles. The van der Waals surface area contributed by atoms with Crippen molar-refractivity contribution in [2.24, 2.45) is 0 Å². The number of para-hydroxylation sites is 2. The van der Waals surface area contributed by atoms with E-state index in [1.807, 2.05) is 24.3 Å². The third-order valence-corrected chi connectivity index (χ3v) is 2.98. The van der Waals surface area contributed by atoms with Crippen LogP contribution in [0.5, 0.6) is 0 Å². The monoisotopic (exact) mass is 266 g/mol. The van der Waals surface area contributed by atoms with Crippen LogP contribution in [0.1, 0.15) is 10.4 Å². The van der Waals surface area contributed by atoms with Crippen LogP contribution in [0.3, 0.4) is 0 Å². The van der Waals surface area contributed by atoms with Gasteiger partial charge < -0.3 is 0 Å². The number of imidazole rings is 1. The van der Waals surface area contributed by atoms with Crippen molar-refractivity contribution in [3.8, 4) is 0 Å². The highest BCUT2D eigenvalue weighted by Crippen LogP contribution is 2.12. The zero-order chi connectivity index (χ0) is 13.9. The molecule has 3 nitrogen and oxygen atoms in total. The Hall–Kier alpha value is -2.75. The van der Waals surface area contributed by atoms with E-state index in [0.717, 1.165) is 16.6 Å². The standard InChI is InChI=1S/C16H11FN2O/c17-13-8-5-12(6-9-13)7-10-16(20)19-11-18-14-3-1-2-4-15(14)19/h1-11H/b10-7-. The predicted molar refractivity (Wildman–Crippen MR) is 75.8 cm³/mol. The summed E-state index contributed by atoms with van der Waals surface area (Å²) in [7, 11) is 0. The Balaban J connectivity index is 1.87. The van der Waals surface area contributed by atoms with Crippen molar-refractivity contribution < 1.29 is 9.18 Å². The van der Waals surface area contributed by atoms with Gasteiger partial charge in [0.15, 0.2) is 0 Å². The molecule has 4 heteroatoms. The summed E-state index contributed by atoms with van der Waals surface area (Å²) in [5.41, 5.74) is 2.31. The fourth-order valence-corrected chi connectivity index (χ4v) is 1.96. The average molecular weight is 266 g/mol. The molecule has 1 aromatic heterocycles. The molecule has 3 aromatic rings. The molecule has 1 heterocycles. The molecule has 0 saturated heterocycles. The Bertz CT molecular complexity index is 788. The van der Waals surface area contributed by atoms with Gasteiger partial charge in [0.1, 0.15) is 12.1 Å². The van der Waals surface area contributed by atoms with Gasteiger partial charge in [-0.15, -0.1) is 0 Å². The first kappa shape index (κ1) is 12.3. The Morgan fingerprint density at radius 2 is 1.85 bits per heavy atom. The van der Waals surface area contributed by atoms with E-state index in [0.29, 0.717) is 0 Å². The Morgan fingerprint density at radius 1 is 1.10 bits per heavy atom. The van der Waals surface area contributed by atoms with E-state index in [4.69, 9.17) is 0 Å². The maximum atomic E-state index is 12.8. The Kier molecular flexibility index (Phi) is 3.13. The van der Waals surface area contributed by atoms with Gasteiger partial charge in [-0.2, -0.15) is 0 Å². The summed E-state index contributed by atoms with van der Waals surface area (Å²) in [5, 5.41) is 0. The van der Waals surface area contributed by atoms with Crippen molar-refractivity contribution in [1.82, 2.24) is 9.55 Å². The molecular weight excluding hydrogens is 255 g/mol. The van der Waals surface area contributed by atoms with Crippen LogP contribution in [0.25, 0.3) is 17.1 Å². The molecule has 0 saturated carbocycles. The quantitative estimate of drug-likeness (QED) is 0.665. The summed E-state index contributed by atoms with van der Waals surface area (Å²) >= 11 is 0. The van der Waals surface area contributed by atoms with Crippen LogP contribution in [0.4, 0.5) is 4.39 Å². The minimum Gasteiger partial charge on any atom is -0.269 e. The fourth-order valence-electron chi connectivity index (χ4n) is 1.96. The smallest absolute Gasteiger partial charge is 0.256 e. The zero-order valence-corrected chi connectivity index (χ0v) is 10.5. The molecule has 0 atom stereocenters. The molecule has 0 fully saturated rings. The van der Waals surface area contributed by atoms with Crippen molar-refractivity contribution in [3.05, 3.63) is 72.3 Å². The van der Waals surface area contributed by atoms with E-state index in [9.17, 15) is 9.18 Å². The van der Waals surface area contributed by atoms with E-state index in [1.54, 1.807) is 18.2 Å². The second kappa shape index (κ2) is 5.09. The largest absolute Gasteiger partial charge is 0.269 e. The highest BCUT2D eigenvalue weighted by Gasteiger charge is 2.06. The van der Waals surface area contributed by atoms with Gasteiger partial charge in [0.05, 0.1) is 11.0 Å². The third-order valence-electron chi connectivity index (χ3n) is 2.98. The van der Waals surface area contributed by atoms with Gasteiger partial charge in [-0.05, 0) is 35.9 Å². The van der Waals surface area contributed by atoms with Crippen molar-refractivity contribution in [1.29, 1.82) is 0 Å². The SMILES string of the molecule is O=C(/C=C\c1ccc(F)cc1)n1cnc2ccccc21. The van der Waals surface area contributed by atoms with Gasteiger partial charge in [-0.1, -0.05) is 24.3 Å². The summed E-state index contributed by atoms with van der Waals surface area (Å²) < 4.78 is 14.3. The van der Waals surface area contributed by atoms with Gasteiger partial charge in [-0.25, -0.2) is 9.37 Å². The molecule has 3 rings (SSSR count). The summed E-state index contributed by atoms with van der Waals surface area (Å²) in [6.07, 6.45) is 4.60. The summed E-state index contributed by atoms with van der Waals surface area (Å²) in [4.78, 5) is 16.3. The molecule has 0 amide bonds. The maximum Gasteiger partial charge on any atom is 0.256 e. The molecule has 2 aromatic carbocycles. The number of carbonyl (C=O) groups is 1. The lowest BCUT2D eigenvalue weighted by Crippen LogP contribution is -2.05. The molecule has 98 valence electrons. The van der Waals surface area contributed by atoms with Crippen LogP contribution >= 0.6 is 0 Å². The van der Waals surface area contributed by atoms with Crippen LogP contribution in [0, 0.1) is 5.82 Å². The van der Waals surface area contributed by atoms with E-state index >= 15 is 0 Å². The molecular formula is C16H11FN2O. The number of rotatable bonds is 2. The second-order valence-electron chi connectivity index (χ2n) is 4.33.